The number of rotatable bonds is 4. The van der Waals surface area contributed by atoms with Crippen LogP contribution in [0.25, 0.3) is 0 Å². The van der Waals surface area contributed by atoms with Gasteiger partial charge >= 0.3 is 5.97 Å². The third kappa shape index (κ3) is 2.68. The molecule has 2 aromatic rings. The Labute approximate surface area is 119 Å². The zero-order valence-corrected chi connectivity index (χ0v) is 12.7. The molecule has 0 atom stereocenters. The Morgan fingerprint density at radius 2 is 2.05 bits per heavy atom. The first-order valence-corrected chi connectivity index (χ1v) is 7.88. The first-order valence-electron chi connectivity index (χ1n) is 5.58. The average molecular weight is 315 g/mol. The highest BCUT2D eigenvalue weighted by atomic mass is 32.2. The maximum absolute atomic E-state index is 12.2. The van der Waals surface area contributed by atoms with E-state index in [4.69, 9.17) is 5.11 Å². The van der Waals surface area contributed by atoms with Gasteiger partial charge in [0.25, 0.3) is 10.0 Å². The van der Waals surface area contributed by atoms with Gasteiger partial charge in [-0.15, -0.1) is 11.3 Å². The number of carbonyl (C=O) groups is 1. The lowest BCUT2D eigenvalue weighted by molar-refractivity contribution is 0.0685. The molecule has 9 heteroatoms. The Hall–Kier alpha value is -1.87. The van der Waals surface area contributed by atoms with Crippen LogP contribution < -0.4 is 4.72 Å². The number of aromatic nitrogens is 2. The van der Waals surface area contributed by atoms with Crippen LogP contribution in [0.2, 0.25) is 0 Å². The zero-order valence-electron chi connectivity index (χ0n) is 11.0. The minimum atomic E-state index is -3.76. The summed E-state index contributed by atoms with van der Waals surface area (Å²) in [5, 5.41) is 12.7. The molecule has 108 valence electrons. The number of thiophene rings is 1. The van der Waals surface area contributed by atoms with E-state index in [1.54, 1.807) is 13.0 Å². The van der Waals surface area contributed by atoms with Gasteiger partial charge in [-0.05, 0) is 19.9 Å². The van der Waals surface area contributed by atoms with E-state index in [0.29, 0.717) is 4.88 Å². The van der Waals surface area contributed by atoms with Gasteiger partial charge in [0.2, 0.25) is 0 Å². The van der Waals surface area contributed by atoms with Gasteiger partial charge < -0.3 is 5.11 Å². The highest BCUT2D eigenvalue weighted by Crippen LogP contribution is 2.26. The third-order valence-corrected chi connectivity index (χ3v) is 5.20. The minimum Gasteiger partial charge on any atom is -0.477 e. The highest BCUT2D eigenvalue weighted by molar-refractivity contribution is 7.93. The fourth-order valence-corrected chi connectivity index (χ4v) is 4.33. The van der Waals surface area contributed by atoms with Crippen molar-refractivity contribution < 1.29 is 18.3 Å². The fourth-order valence-electron chi connectivity index (χ4n) is 1.78. The molecule has 0 aromatic carbocycles. The molecular weight excluding hydrogens is 302 g/mol. The third-order valence-electron chi connectivity index (χ3n) is 2.62. The number of aryl methyl sites for hydroxylation is 3. The summed E-state index contributed by atoms with van der Waals surface area (Å²) in [7, 11) is -2.33. The molecule has 0 amide bonds. The molecule has 0 aliphatic rings. The summed E-state index contributed by atoms with van der Waals surface area (Å²) in [5.74, 6) is -1.19. The summed E-state index contributed by atoms with van der Waals surface area (Å²) in [6.07, 6.45) is 0. The van der Waals surface area contributed by atoms with Crippen molar-refractivity contribution in [2.45, 2.75) is 18.7 Å². The van der Waals surface area contributed by atoms with Crippen LogP contribution in [0, 0.1) is 13.8 Å². The second kappa shape index (κ2) is 4.91. The van der Waals surface area contributed by atoms with Gasteiger partial charge in [-0.25, -0.2) is 13.2 Å². The lowest BCUT2D eigenvalue weighted by Crippen LogP contribution is -2.13. The molecule has 0 saturated heterocycles. The molecule has 0 spiro atoms. The summed E-state index contributed by atoms with van der Waals surface area (Å²) in [6, 6.07) is 2.75. The largest absolute Gasteiger partial charge is 0.477 e. The van der Waals surface area contributed by atoms with Crippen molar-refractivity contribution in [1.29, 1.82) is 0 Å². The predicted molar refractivity (Wildman–Crippen MR) is 74.8 cm³/mol. The van der Waals surface area contributed by atoms with Gasteiger partial charge in [0.1, 0.15) is 10.6 Å². The van der Waals surface area contributed by atoms with Crippen LogP contribution in [0.3, 0.4) is 0 Å². The normalized spacial score (nSPS) is 11.6. The number of aromatic carboxylic acids is 1. The molecule has 2 heterocycles. The monoisotopic (exact) mass is 315 g/mol. The number of nitrogens with one attached hydrogen (secondary N) is 1. The Balaban J connectivity index is 2.36. The molecule has 0 aliphatic carbocycles. The number of carboxylic acid groups (broad SMARTS) is 1. The van der Waals surface area contributed by atoms with Crippen molar-refractivity contribution in [3.63, 3.8) is 0 Å². The number of nitrogens with zero attached hydrogens (tertiary/aromatic N) is 2. The second-order valence-corrected chi connectivity index (χ2v) is 7.34. The van der Waals surface area contributed by atoms with Crippen molar-refractivity contribution in [1.82, 2.24) is 9.78 Å². The first-order chi connectivity index (χ1) is 9.20. The van der Waals surface area contributed by atoms with Crippen LogP contribution in [0.15, 0.2) is 17.0 Å². The number of anilines is 1. The summed E-state index contributed by atoms with van der Waals surface area (Å²) in [4.78, 5) is 12.6. The van der Waals surface area contributed by atoms with E-state index in [1.807, 2.05) is 6.92 Å². The van der Waals surface area contributed by atoms with Crippen LogP contribution in [0.4, 0.5) is 5.82 Å². The van der Waals surface area contributed by atoms with E-state index in [9.17, 15) is 13.2 Å². The van der Waals surface area contributed by atoms with Crippen LogP contribution in [-0.2, 0) is 17.1 Å². The molecule has 2 N–H and O–H groups in total. The Bertz CT molecular complexity index is 774. The van der Waals surface area contributed by atoms with E-state index in [2.05, 4.69) is 9.82 Å². The molecule has 0 saturated carbocycles. The Morgan fingerprint density at radius 3 is 2.50 bits per heavy atom. The van der Waals surface area contributed by atoms with Gasteiger partial charge in [0, 0.05) is 22.9 Å². The van der Waals surface area contributed by atoms with Crippen LogP contribution in [-0.4, -0.2) is 29.3 Å². The zero-order chi connectivity index (χ0) is 15.1. The fraction of sp³-hybridized carbons (Fsp3) is 0.273. The first kappa shape index (κ1) is 14.5. The molecule has 7 nitrogen and oxygen atoms in total. The number of carboxylic acids is 1. The molecule has 2 rings (SSSR count). The van der Waals surface area contributed by atoms with E-state index < -0.39 is 16.0 Å². The van der Waals surface area contributed by atoms with Crippen molar-refractivity contribution >= 4 is 33.1 Å². The molecule has 0 fully saturated rings. The quantitative estimate of drug-likeness (QED) is 0.892. The van der Waals surface area contributed by atoms with Crippen molar-refractivity contribution in [2.75, 3.05) is 4.72 Å². The Kier molecular flexibility index (Phi) is 3.57. The molecule has 0 unspecified atom stereocenters. The lowest BCUT2D eigenvalue weighted by Gasteiger charge is -2.03. The summed E-state index contributed by atoms with van der Waals surface area (Å²) in [5.41, 5.74) is -0.0964. The molecule has 2 aromatic heterocycles. The lowest BCUT2D eigenvalue weighted by atomic mass is 10.4. The molecule has 0 aliphatic heterocycles. The molecule has 20 heavy (non-hydrogen) atoms. The topological polar surface area (TPSA) is 101 Å². The van der Waals surface area contributed by atoms with E-state index in [-0.39, 0.29) is 16.4 Å². The molecule has 0 radical (unpaired) electrons. The molecular formula is C11H13N3O4S2. The van der Waals surface area contributed by atoms with E-state index in [0.717, 1.165) is 9.56 Å². The number of sulfonamides is 1. The van der Waals surface area contributed by atoms with Gasteiger partial charge in [-0.3, -0.25) is 9.40 Å². The highest BCUT2D eigenvalue weighted by Gasteiger charge is 2.21. The standard InChI is InChI=1S/C11H13N3O4S2/c1-6-4-9(7(2)19-6)20(17,18)13-10-5-8(11(15)16)14(3)12-10/h4-5H,1-3H3,(H,12,13)(H,15,16). The van der Waals surface area contributed by atoms with Gasteiger partial charge in [-0.1, -0.05) is 0 Å². The van der Waals surface area contributed by atoms with E-state index in [1.165, 1.54) is 24.5 Å². The minimum absolute atomic E-state index is 0.0202. The summed E-state index contributed by atoms with van der Waals surface area (Å²) < 4.78 is 27.8. The smallest absolute Gasteiger partial charge is 0.354 e. The van der Waals surface area contributed by atoms with Gasteiger partial charge in [-0.2, -0.15) is 5.10 Å². The maximum atomic E-state index is 12.2. The van der Waals surface area contributed by atoms with Crippen LogP contribution in [0.5, 0.6) is 0 Å². The number of hydrogen-bond acceptors (Lipinski definition) is 5. The average Bonchev–Trinajstić information content (AvgIpc) is 2.81. The summed E-state index contributed by atoms with van der Waals surface area (Å²) >= 11 is 1.38. The SMILES string of the molecule is Cc1cc(S(=O)(=O)Nc2cc(C(=O)O)n(C)n2)c(C)s1. The van der Waals surface area contributed by atoms with Crippen molar-refractivity contribution in [3.05, 3.63) is 27.6 Å². The Morgan fingerprint density at radius 1 is 1.40 bits per heavy atom. The maximum Gasteiger partial charge on any atom is 0.354 e. The van der Waals surface area contributed by atoms with Gasteiger partial charge in [0.15, 0.2) is 5.82 Å². The van der Waals surface area contributed by atoms with Gasteiger partial charge in [0.05, 0.1) is 0 Å². The van der Waals surface area contributed by atoms with Crippen molar-refractivity contribution in [3.8, 4) is 0 Å². The molecule has 0 bridgehead atoms. The number of hydrogen-bond donors (Lipinski definition) is 2. The van der Waals surface area contributed by atoms with E-state index >= 15 is 0 Å². The van der Waals surface area contributed by atoms with Crippen molar-refractivity contribution in [2.24, 2.45) is 7.05 Å². The van der Waals surface area contributed by atoms with Crippen LogP contribution in [0.1, 0.15) is 20.2 Å². The van der Waals surface area contributed by atoms with Crippen LogP contribution >= 0.6 is 11.3 Å². The predicted octanol–water partition coefficient (Wildman–Crippen LogP) is 1.60. The summed E-state index contributed by atoms with van der Waals surface area (Å²) in [6.45, 7) is 3.54. The second-order valence-electron chi connectivity index (χ2n) is 4.23.